The van der Waals surface area contributed by atoms with Gasteiger partial charge in [-0.2, -0.15) is 5.10 Å². The van der Waals surface area contributed by atoms with Gasteiger partial charge in [-0.05, 0) is 43.2 Å². The number of anilines is 1. The molecule has 0 spiro atoms. The second kappa shape index (κ2) is 5.44. The number of aromatic nitrogens is 3. The molecule has 0 saturated heterocycles. The van der Waals surface area contributed by atoms with Crippen molar-refractivity contribution in [3.05, 3.63) is 42.0 Å². The van der Waals surface area contributed by atoms with Crippen LogP contribution in [0, 0.1) is 5.92 Å². The molecule has 3 heterocycles. The molecule has 1 aliphatic carbocycles. The zero-order valence-electron chi connectivity index (χ0n) is 12.3. The smallest absolute Gasteiger partial charge is 0.322 e. The number of aromatic amines is 1. The van der Waals surface area contributed by atoms with Crippen LogP contribution in [0.25, 0.3) is 0 Å². The Morgan fingerprint density at radius 2 is 2.32 bits per heavy atom. The highest BCUT2D eigenvalue weighted by Gasteiger charge is 2.35. The van der Waals surface area contributed by atoms with Crippen LogP contribution in [0.1, 0.15) is 36.6 Å². The maximum atomic E-state index is 12.7. The summed E-state index contributed by atoms with van der Waals surface area (Å²) in [6.45, 7) is 0.739. The van der Waals surface area contributed by atoms with E-state index < -0.39 is 0 Å². The Balaban J connectivity index is 1.54. The number of nitrogens with one attached hydrogen (secondary N) is 2. The van der Waals surface area contributed by atoms with Crippen molar-refractivity contribution in [1.82, 2.24) is 20.5 Å². The molecule has 4 rings (SSSR count). The molecule has 0 bridgehead atoms. The second-order valence-electron chi connectivity index (χ2n) is 6.04. The van der Waals surface area contributed by atoms with Crippen molar-refractivity contribution in [1.29, 1.82) is 0 Å². The van der Waals surface area contributed by atoms with Crippen LogP contribution in [0.3, 0.4) is 0 Å². The van der Waals surface area contributed by atoms with Crippen molar-refractivity contribution in [3.8, 4) is 0 Å². The Hall–Kier alpha value is -2.37. The lowest BCUT2D eigenvalue weighted by atomic mass is 10.0. The maximum absolute atomic E-state index is 12.7. The van der Waals surface area contributed by atoms with Gasteiger partial charge in [0.25, 0.3) is 0 Å². The van der Waals surface area contributed by atoms with Crippen molar-refractivity contribution in [3.63, 3.8) is 0 Å². The van der Waals surface area contributed by atoms with E-state index in [1.807, 2.05) is 18.3 Å². The summed E-state index contributed by atoms with van der Waals surface area (Å²) in [6.07, 6.45) is 9.59. The predicted molar refractivity (Wildman–Crippen MR) is 82.5 cm³/mol. The molecule has 2 aliphatic rings. The number of urea groups is 1. The number of H-pyrrole nitrogens is 1. The minimum Gasteiger partial charge on any atom is -0.331 e. The molecule has 0 aromatic carbocycles. The molecule has 2 aromatic rings. The fraction of sp³-hybridized carbons (Fsp3) is 0.438. The van der Waals surface area contributed by atoms with Gasteiger partial charge in [-0.3, -0.25) is 15.0 Å². The molecule has 114 valence electrons. The van der Waals surface area contributed by atoms with E-state index >= 15 is 0 Å². The number of nitrogens with zero attached hydrogens (tertiary/aromatic N) is 3. The van der Waals surface area contributed by atoms with Gasteiger partial charge >= 0.3 is 6.03 Å². The van der Waals surface area contributed by atoms with Gasteiger partial charge < -0.3 is 5.32 Å². The summed E-state index contributed by atoms with van der Waals surface area (Å²) >= 11 is 0. The summed E-state index contributed by atoms with van der Waals surface area (Å²) in [5.41, 5.74) is 3.04. The Bertz CT molecular complexity index is 664. The fourth-order valence-corrected chi connectivity index (χ4v) is 3.14. The third-order valence-corrected chi connectivity index (χ3v) is 4.46. The topological polar surface area (TPSA) is 73.9 Å². The first-order chi connectivity index (χ1) is 10.8. The monoisotopic (exact) mass is 297 g/mol. The van der Waals surface area contributed by atoms with Crippen molar-refractivity contribution in [2.45, 2.75) is 31.7 Å². The van der Waals surface area contributed by atoms with Gasteiger partial charge in [-0.1, -0.05) is 6.07 Å². The van der Waals surface area contributed by atoms with E-state index in [4.69, 9.17) is 0 Å². The quantitative estimate of drug-likeness (QED) is 0.913. The minimum atomic E-state index is -0.0388. The number of carbonyl (C=O) groups is 1. The van der Waals surface area contributed by atoms with E-state index in [-0.39, 0.29) is 12.1 Å². The summed E-state index contributed by atoms with van der Waals surface area (Å²) in [5, 5.41) is 10.2. The molecule has 1 fully saturated rings. The van der Waals surface area contributed by atoms with Crippen LogP contribution >= 0.6 is 0 Å². The summed E-state index contributed by atoms with van der Waals surface area (Å²) < 4.78 is 0. The normalized spacial score (nSPS) is 18.6. The van der Waals surface area contributed by atoms with Gasteiger partial charge in [0.15, 0.2) is 0 Å². The highest BCUT2D eigenvalue weighted by atomic mass is 16.2. The molecule has 2 amide bonds. The lowest BCUT2D eigenvalue weighted by molar-refractivity contribution is 0.240. The average molecular weight is 297 g/mol. The van der Waals surface area contributed by atoms with Crippen LogP contribution in [-0.4, -0.2) is 27.8 Å². The SMILES string of the molecule is O=C(NC(c1cccnc1)C1CC1)N1CCCc2[nH]ncc21. The molecule has 6 heteroatoms. The number of rotatable bonds is 3. The van der Waals surface area contributed by atoms with Crippen molar-refractivity contribution < 1.29 is 4.79 Å². The van der Waals surface area contributed by atoms with Crippen molar-refractivity contribution >= 4 is 11.7 Å². The van der Waals surface area contributed by atoms with Crippen LogP contribution in [-0.2, 0) is 6.42 Å². The van der Waals surface area contributed by atoms with Crippen LogP contribution in [0.15, 0.2) is 30.7 Å². The Morgan fingerprint density at radius 1 is 1.41 bits per heavy atom. The lowest BCUT2D eigenvalue weighted by Gasteiger charge is -2.29. The van der Waals surface area contributed by atoms with E-state index in [1.165, 1.54) is 0 Å². The van der Waals surface area contributed by atoms with E-state index in [0.29, 0.717) is 5.92 Å². The second-order valence-corrected chi connectivity index (χ2v) is 6.04. The van der Waals surface area contributed by atoms with Crippen LogP contribution in [0.5, 0.6) is 0 Å². The fourth-order valence-electron chi connectivity index (χ4n) is 3.14. The van der Waals surface area contributed by atoms with Crippen molar-refractivity contribution in [2.24, 2.45) is 5.92 Å². The third kappa shape index (κ3) is 2.45. The van der Waals surface area contributed by atoms with E-state index in [9.17, 15) is 4.79 Å². The molecule has 0 radical (unpaired) electrons. The molecular formula is C16H19N5O. The molecule has 6 nitrogen and oxygen atoms in total. The molecule has 2 N–H and O–H groups in total. The highest BCUT2D eigenvalue weighted by Crippen LogP contribution is 2.41. The van der Waals surface area contributed by atoms with E-state index in [0.717, 1.165) is 49.2 Å². The molecule has 1 unspecified atom stereocenters. The van der Waals surface area contributed by atoms with Gasteiger partial charge in [0.2, 0.25) is 0 Å². The first kappa shape index (κ1) is 13.3. The minimum absolute atomic E-state index is 0.0388. The van der Waals surface area contributed by atoms with Crippen LogP contribution in [0.2, 0.25) is 0 Å². The van der Waals surface area contributed by atoms with Gasteiger partial charge in [0.1, 0.15) is 0 Å². The Labute approximate surface area is 128 Å². The Kier molecular flexibility index (Phi) is 3.29. The number of pyridine rings is 1. The van der Waals surface area contributed by atoms with Gasteiger partial charge in [0, 0.05) is 18.9 Å². The first-order valence-corrected chi connectivity index (χ1v) is 7.83. The average Bonchev–Trinajstić information content (AvgIpc) is 3.28. The number of amides is 2. The van der Waals surface area contributed by atoms with E-state index in [2.05, 4.69) is 20.5 Å². The number of aryl methyl sites for hydroxylation is 1. The van der Waals surface area contributed by atoms with Crippen LogP contribution < -0.4 is 10.2 Å². The number of fused-ring (bicyclic) bond motifs is 1. The number of carbonyl (C=O) groups excluding carboxylic acids is 1. The summed E-state index contributed by atoms with van der Waals surface area (Å²) in [6, 6.07) is 3.98. The Morgan fingerprint density at radius 3 is 3.09 bits per heavy atom. The van der Waals surface area contributed by atoms with Gasteiger partial charge in [-0.15, -0.1) is 0 Å². The van der Waals surface area contributed by atoms with Crippen LogP contribution in [0.4, 0.5) is 10.5 Å². The zero-order valence-corrected chi connectivity index (χ0v) is 12.3. The molecule has 1 saturated carbocycles. The third-order valence-electron chi connectivity index (χ3n) is 4.46. The number of hydrogen-bond acceptors (Lipinski definition) is 3. The maximum Gasteiger partial charge on any atom is 0.322 e. The largest absolute Gasteiger partial charge is 0.331 e. The van der Waals surface area contributed by atoms with Gasteiger partial charge in [0.05, 0.1) is 23.6 Å². The number of hydrogen-bond donors (Lipinski definition) is 2. The highest BCUT2D eigenvalue weighted by molar-refractivity contribution is 5.93. The van der Waals surface area contributed by atoms with E-state index in [1.54, 1.807) is 17.3 Å². The van der Waals surface area contributed by atoms with Crippen molar-refractivity contribution in [2.75, 3.05) is 11.4 Å². The molecule has 1 atom stereocenters. The molecule has 2 aromatic heterocycles. The van der Waals surface area contributed by atoms with Gasteiger partial charge in [-0.25, -0.2) is 4.79 Å². The zero-order chi connectivity index (χ0) is 14.9. The predicted octanol–water partition coefficient (Wildman–Crippen LogP) is 2.42. The first-order valence-electron chi connectivity index (χ1n) is 7.83. The summed E-state index contributed by atoms with van der Waals surface area (Å²) in [7, 11) is 0. The summed E-state index contributed by atoms with van der Waals surface area (Å²) in [4.78, 5) is 18.7. The molecule has 1 aliphatic heterocycles. The standard InChI is InChI=1S/C16H19N5O/c22-16(21-8-2-4-13-14(21)10-18-20-13)19-15(11-5-6-11)12-3-1-7-17-9-12/h1,3,7,9-11,15H,2,4-6,8H2,(H,18,20)(H,19,22). The molecule has 22 heavy (non-hydrogen) atoms. The molecular weight excluding hydrogens is 278 g/mol. The lowest BCUT2D eigenvalue weighted by Crippen LogP contribution is -2.44. The summed E-state index contributed by atoms with van der Waals surface area (Å²) in [5.74, 6) is 0.529.